The molecule has 0 spiro atoms. The lowest BCUT2D eigenvalue weighted by Crippen LogP contribution is -2.50. The van der Waals surface area contributed by atoms with Gasteiger partial charge in [-0.15, -0.1) is 0 Å². The second-order valence-corrected chi connectivity index (χ2v) is 8.29. The van der Waals surface area contributed by atoms with Gasteiger partial charge in [-0.3, -0.25) is 9.78 Å². The molecule has 3 heterocycles. The molecule has 1 aromatic heterocycles. The maximum Gasteiger partial charge on any atom is 0.257 e. The summed E-state index contributed by atoms with van der Waals surface area (Å²) in [4.78, 5) is 22.1. The topological polar surface area (TPSA) is 56.7 Å². The van der Waals surface area contributed by atoms with Crippen molar-refractivity contribution >= 4 is 5.91 Å². The van der Waals surface area contributed by atoms with E-state index in [-0.39, 0.29) is 17.1 Å². The van der Waals surface area contributed by atoms with Gasteiger partial charge in [-0.2, -0.15) is 0 Å². The fourth-order valence-corrected chi connectivity index (χ4v) is 4.61. The number of hydrogen-bond donors (Lipinski definition) is 1. The van der Waals surface area contributed by atoms with E-state index in [1.54, 1.807) is 24.3 Å². The largest absolute Gasteiger partial charge is 0.507 e. The monoisotopic (exact) mass is 379 g/mol. The molecule has 2 aliphatic rings. The van der Waals surface area contributed by atoms with E-state index in [1.807, 2.05) is 11.1 Å². The van der Waals surface area contributed by atoms with Crippen molar-refractivity contribution in [2.75, 3.05) is 32.7 Å². The van der Waals surface area contributed by atoms with Crippen LogP contribution in [0.1, 0.15) is 47.3 Å². The smallest absolute Gasteiger partial charge is 0.257 e. The van der Waals surface area contributed by atoms with Gasteiger partial charge in [-0.25, -0.2) is 0 Å². The molecule has 28 heavy (non-hydrogen) atoms. The molecule has 0 aliphatic carbocycles. The Morgan fingerprint density at radius 3 is 2.43 bits per heavy atom. The van der Waals surface area contributed by atoms with Gasteiger partial charge >= 0.3 is 0 Å². The Balaban J connectivity index is 1.54. The van der Waals surface area contributed by atoms with Crippen molar-refractivity contribution < 1.29 is 9.90 Å². The van der Waals surface area contributed by atoms with Gasteiger partial charge in [0.2, 0.25) is 0 Å². The number of amides is 1. The summed E-state index contributed by atoms with van der Waals surface area (Å²) in [5.74, 6) is -0.0219. The van der Waals surface area contributed by atoms with E-state index in [4.69, 9.17) is 4.98 Å². The van der Waals surface area contributed by atoms with E-state index >= 15 is 0 Å². The van der Waals surface area contributed by atoms with Crippen LogP contribution in [-0.4, -0.2) is 58.5 Å². The van der Waals surface area contributed by atoms with Gasteiger partial charge in [0.15, 0.2) is 0 Å². The van der Waals surface area contributed by atoms with Gasteiger partial charge < -0.3 is 14.9 Å². The Morgan fingerprint density at radius 1 is 1.07 bits per heavy atom. The number of aromatic nitrogens is 1. The summed E-state index contributed by atoms with van der Waals surface area (Å²) in [5.41, 5.74) is 2.71. The fourth-order valence-electron chi connectivity index (χ4n) is 4.61. The molecule has 1 N–H and O–H groups in total. The maximum atomic E-state index is 12.9. The lowest BCUT2D eigenvalue weighted by Gasteiger charge is -2.43. The Morgan fingerprint density at radius 2 is 1.79 bits per heavy atom. The van der Waals surface area contributed by atoms with Crippen LogP contribution in [0.2, 0.25) is 0 Å². The highest BCUT2D eigenvalue weighted by molar-refractivity contribution is 5.96. The van der Waals surface area contributed by atoms with Gasteiger partial charge in [0.05, 0.1) is 5.56 Å². The summed E-state index contributed by atoms with van der Waals surface area (Å²) in [7, 11) is 0. The summed E-state index contributed by atoms with van der Waals surface area (Å²) in [6.07, 6.45) is 6.31. The van der Waals surface area contributed by atoms with Crippen LogP contribution in [0.5, 0.6) is 5.75 Å². The third kappa shape index (κ3) is 3.76. The average molecular weight is 380 g/mol. The molecule has 1 amide bonds. The van der Waals surface area contributed by atoms with Crippen LogP contribution in [0, 0.1) is 6.92 Å². The van der Waals surface area contributed by atoms with Crippen molar-refractivity contribution in [3.05, 3.63) is 59.4 Å². The summed E-state index contributed by atoms with van der Waals surface area (Å²) in [6, 6.07) is 11.1. The van der Waals surface area contributed by atoms with Gasteiger partial charge in [-0.1, -0.05) is 18.2 Å². The number of hydrogen-bond acceptors (Lipinski definition) is 4. The van der Waals surface area contributed by atoms with Crippen molar-refractivity contribution in [2.45, 2.75) is 38.0 Å². The summed E-state index contributed by atoms with van der Waals surface area (Å²) < 4.78 is 0. The normalized spacial score (nSPS) is 19.7. The molecule has 0 saturated carbocycles. The minimum Gasteiger partial charge on any atom is -0.507 e. The summed E-state index contributed by atoms with van der Waals surface area (Å²) in [5, 5.41) is 10.0. The predicted octanol–water partition coefficient (Wildman–Crippen LogP) is 3.37. The van der Waals surface area contributed by atoms with E-state index in [2.05, 4.69) is 24.0 Å². The van der Waals surface area contributed by atoms with E-state index in [0.717, 1.165) is 38.2 Å². The standard InChI is InChI=1S/C23H29N3O2/c1-18-8-9-21(24-16-18)23(17-25-12-4-5-13-25)10-14-26(15-11-23)22(28)19-6-2-3-7-20(19)27/h2-3,6-9,16,27H,4-5,10-15,17H2,1H3. The number of nitrogens with zero attached hydrogens (tertiary/aromatic N) is 3. The highest BCUT2D eigenvalue weighted by atomic mass is 16.3. The third-order valence-corrected chi connectivity index (χ3v) is 6.32. The molecule has 0 bridgehead atoms. The zero-order chi connectivity index (χ0) is 19.6. The van der Waals surface area contributed by atoms with E-state index in [9.17, 15) is 9.90 Å². The number of likely N-dealkylation sites (tertiary alicyclic amines) is 2. The molecular formula is C23H29N3O2. The molecule has 5 nitrogen and oxygen atoms in total. The van der Waals surface area contributed by atoms with E-state index in [1.165, 1.54) is 18.4 Å². The zero-order valence-corrected chi connectivity index (χ0v) is 16.6. The molecule has 1 aromatic carbocycles. The Hall–Kier alpha value is -2.40. The molecule has 5 heteroatoms. The van der Waals surface area contributed by atoms with Crippen molar-refractivity contribution in [2.24, 2.45) is 0 Å². The Labute approximate surface area is 167 Å². The quantitative estimate of drug-likeness (QED) is 0.885. The van der Waals surface area contributed by atoms with Crippen LogP contribution in [0.3, 0.4) is 0 Å². The lowest BCUT2D eigenvalue weighted by molar-refractivity contribution is 0.0627. The second-order valence-electron chi connectivity index (χ2n) is 8.29. The van der Waals surface area contributed by atoms with Gasteiger partial charge in [0, 0.05) is 36.9 Å². The minimum absolute atomic E-state index is 0.00640. The molecule has 2 saturated heterocycles. The number of phenols is 1. The number of benzene rings is 1. The third-order valence-electron chi connectivity index (χ3n) is 6.32. The average Bonchev–Trinajstić information content (AvgIpc) is 3.22. The number of rotatable bonds is 4. The van der Waals surface area contributed by atoms with Crippen LogP contribution >= 0.6 is 0 Å². The van der Waals surface area contributed by atoms with Crippen LogP contribution in [0.25, 0.3) is 0 Å². The SMILES string of the molecule is Cc1ccc(C2(CN3CCCC3)CCN(C(=O)c3ccccc3O)CC2)nc1. The lowest BCUT2D eigenvalue weighted by atomic mass is 9.74. The Kier molecular flexibility index (Phi) is 5.36. The predicted molar refractivity (Wildman–Crippen MR) is 110 cm³/mol. The van der Waals surface area contributed by atoms with Gasteiger partial charge in [0.25, 0.3) is 5.91 Å². The van der Waals surface area contributed by atoms with Crippen LogP contribution in [0.15, 0.2) is 42.6 Å². The van der Waals surface area contributed by atoms with Crippen LogP contribution < -0.4 is 0 Å². The number of carbonyl (C=O) groups excluding carboxylic acids is 1. The summed E-state index contributed by atoms with van der Waals surface area (Å²) >= 11 is 0. The van der Waals surface area contributed by atoms with Crippen molar-refractivity contribution in [3.8, 4) is 5.75 Å². The molecule has 2 aromatic rings. The molecule has 2 fully saturated rings. The van der Waals surface area contributed by atoms with E-state index in [0.29, 0.717) is 18.7 Å². The first kappa shape index (κ1) is 18.9. The number of phenolic OH excluding ortho intramolecular Hbond substituents is 1. The minimum atomic E-state index is -0.0789. The molecule has 2 aliphatic heterocycles. The number of para-hydroxylation sites is 1. The summed E-state index contributed by atoms with van der Waals surface area (Å²) in [6.45, 7) is 6.79. The van der Waals surface area contributed by atoms with Crippen LogP contribution in [0.4, 0.5) is 0 Å². The Bertz CT molecular complexity index is 820. The first-order valence-corrected chi connectivity index (χ1v) is 10.3. The zero-order valence-electron chi connectivity index (χ0n) is 16.6. The van der Waals surface area contributed by atoms with Gasteiger partial charge in [-0.05, 0) is 69.5 Å². The maximum absolute atomic E-state index is 12.9. The molecule has 0 radical (unpaired) electrons. The fraction of sp³-hybridized carbons (Fsp3) is 0.478. The van der Waals surface area contributed by atoms with E-state index < -0.39 is 0 Å². The highest BCUT2D eigenvalue weighted by Gasteiger charge is 2.40. The number of aryl methyl sites for hydroxylation is 1. The molecule has 148 valence electrons. The molecule has 0 atom stereocenters. The first-order valence-electron chi connectivity index (χ1n) is 10.3. The van der Waals surface area contributed by atoms with Crippen molar-refractivity contribution in [3.63, 3.8) is 0 Å². The van der Waals surface area contributed by atoms with Gasteiger partial charge in [0.1, 0.15) is 5.75 Å². The second kappa shape index (κ2) is 7.92. The molecule has 4 rings (SSSR count). The van der Waals surface area contributed by atoms with Crippen molar-refractivity contribution in [1.29, 1.82) is 0 Å². The highest BCUT2D eigenvalue weighted by Crippen LogP contribution is 2.37. The van der Waals surface area contributed by atoms with Crippen molar-refractivity contribution in [1.82, 2.24) is 14.8 Å². The number of piperidine rings is 1. The molecular weight excluding hydrogens is 350 g/mol. The van der Waals surface area contributed by atoms with Crippen LogP contribution in [-0.2, 0) is 5.41 Å². The number of pyridine rings is 1. The first-order chi connectivity index (χ1) is 13.6. The number of carbonyl (C=O) groups is 1. The number of aromatic hydroxyl groups is 1. The molecule has 0 unspecified atom stereocenters.